The lowest BCUT2D eigenvalue weighted by molar-refractivity contribution is -0.387. The molecule has 114 valence electrons. The molecule has 0 saturated carbocycles. The van der Waals surface area contributed by atoms with Crippen LogP contribution in [0.5, 0.6) is 0 Å². The van der Waals surface area contributed by atoms with Crippen molar-refractivity contribution in [2.45, 2.75) is 11.7 Å². The first-order valence-electron chi connectivity index (χ1n) is 5.66. The lowest BCUT2D eigenvalue weighted by Gasteiger charge is -2.18. The maximum absolute atomic E-state index is 13.6. The molecule has 1 aromatic rings. The number of benzene rings is 1. The minimum atomic E-state index is -3.93. The molecule has 0 radical (unpaired) electrons. The van der Waals surface area contributed by atoms with E-state index in [2.05, 4.69) is 0 Å². The summed E-state index contributed by atoms with van der Waals surface area (Å²) in [4.78, 5) is 22.4. The number of rotatable bonds is 3. The molecule has 1 unspecified atom stereocenters. The van der Waals surface area contributed by atoms with Crippen molar-refractivity contribution in [2.75, 3.05) is 17.2 Å². The average Bonchev–Trinajstić information content (AvgIpc) is 2.73. The smallest absolute Gasteiger partial charge is 0.306 e. The fourth-order valence-corrected chi connectivity index (χ4v) is 2.80. The van der Waals surface area contributed by atoms with Crippen LogP contribution in [0.25, 0.3) is 0 Å². The third-order valence-electron chi connectivity index (χ3n) is 3.14. The van der Waals surface area contributed by atoms with Gasteiger partial charge in [-0.1, -0.05) is 0 Å². The molecule has 0 aromatic heterocycles. The normalized spacial score (nSPS) is 19.0. The second-order valence-electron chi connectivity index (χ2n) is 4.54. The van der Waals surface area contributed by atoms with Crippen LogP contribution in [0, 0.1) is 15.9 Å². The third-order valence-corrected chi connectivity index (χ3v) is 4.38. The number of nitrogen functional groups attached to an aromatic ring is 1. The molecule has 1 fully saturated rings. The minimum absolute atomic E-state index is 0.116. The van der Waals surface area contributed by atoms with Crippen LogP contribution in [0.15, 0.2) is 12.1 Å². The number of nitrogens with zero attached hydrogens (tertiary/aromatic N) is 2. The van der Waals surface area contributed by atoms with Crippen LogP contribution in [0.2, 0.25) is 0 Å². The Morgan fingerprint density at radius 3 is 2.52 bits per heavy atom. The Hall–Kier alpha value is -2.27. The van der Waals surface area contributed by atoms with Gasteiger partial charge in [-0.25, -0.2) is 13.6 Å². The van der Waals surface area contributed by atoms with E-state index >= 15 is 0 Å². The summed E-state index contributed by atoms with van der Waals surface area (Å²) >= 11 is 0. The Bertz CT molecular complexity index is 735. The Kier molecular flexibility index (Phi) is 3.55. The summed E-state index contributed by atoms with van der Waals surface area (Å²) in [6.45, 7) is -0.279. The molecule has 1 heterocycles. The van der Waals surface area contributed by atoms with Crippen molar-refractivity contribution in [3.8, 4) is 0 Å². The number of nitro groups is 1. The van der Waals surface area contributed by atoms with Crippen LogP contribution in [-0.4, -0.2) is 31.0 Å². The molecule has 9 nitrogen and oxygen atoms in total. The van der Waals surface area contributed by atoms with Gasteiger partial charge in [0.15, 0.2) is 0 Å². The molecule has 1 aliphatic heterocycles. The second kappa shape index (κ2) is 4.93. The number of anilines is 2. The van der Waals surface area contributed by atoms with E-state index in [-0.39, 0.29) is 24.3 Å². The van der Waals surface area contributed by atoms with Gasteiger partial charge < -0.3 is 10.6 Å². The van der Waals surface area contributed by atoms with Gasteiger partial charge in [0.2, 0.25) is 21.7 Å². The standard InChI is InChI=1S/C10H11FN4O5S/c11-6-2-9(7(12)3-8(6)15(17)18)14-4-5(1-10(14)16)21(13,19)20/h2-3,5H,1,4,12H2,(H2,13,19,20). The van der Waals surface area contributed by atoms with Crippen molar-refractivity contribution < 1.29 is 22.5 Å². The van der Waals surface area contributed by atoms with E-state index < -0.39 is 37.6 Å². The topological polar surface area (TPSA) is 150 Å². The van der Waals surface area contributed by atoms with Crippen molar-refractivity contribution in [3.63, 3.8) is 0 Å². The van der Waals surface area contributed by atoms with Crippen molar-refractivity contribution >= 4 is 33.0 Å². The van der Waals surface area contributed by atoms with E-state index in [0.29, 0.717) is 0 Å². The average molecular weight is 318 g/mol. The molecule has 0 bridgehead atoms. The number of sulfonamides is 1. The van der Waals surface area contributed by atoms with E-state index in [0.717, 1.165) is 17.0 Å². The van der Waals surface area contributed by atoms with Gasteiger partial charge in [-0.2, -0.15) is 4.39 Å². The number of carbonyl (C=O) groups is 1. The molecular formula is C10H11FN4O5S. The van der Waals surface area contributed by atoms with Gasteiger partial charge in [-0.05, 0) is 0 Å². The predicted molar refractivity (Wildman–Crippen MR) is 71.3 cm³/mol. The molecule has 1 amide bonds. The molecule has 1 aromatic carbocycles. The Labute approximate surface area is 118 Å². The second-order valence-corrected chi connectivity index (χ2v) is 6.38. The molecule has 4 N–H and O–H groups in total. The lowest BCUT2D eigenvalue weighted by atomic mass is 10.2. The zero-order chi connectivity index (χ0) is 15.9. The number of carbonyl (C=O) groups excluding carboxylic acids is 1. The quantitative estimate of drug-likeness (QED) is 0.444. The molecule has 1 saturated heterocycles. The largest absolute Gasteiger partial charge is 0.397 e. The first kappa shape index (κ1) is 15.1. The number of amides is 1. The number of hydrogen-bond donors (Lipinski definition) is 2. The SMILES string of the molecule is Nc1cc([N+](=O)[O-])c(F)cc1N1CC(S(N)(=O)=O)CC1=O. The van der Waals surface area contributed by atoms with E-state index in [1.54, 1.807) is 0 Å². The number of nitro benzene ring substituents is 1. The Morgan fingerprint density at radius 1 is 1.43 bits per heavy atom. The van der Waals surface area contributed by atoms with Crippen molar-refractivity contribution in [1.29, 1.82) is 0 Å². The highest BCUT2D eigenvalue weighted by Crippen LogP contribution is 2.33. The lowest BCUT2D eigenvalue weighted by Crippen LogP contribution is -2.32. The van der Waals surface area contributed by atoms with Crippen LogP contribution < -0.4 is 15.8 Å². The molecule has 1 aliphatic rings. The van der Waals surface area contributed by atoms with Gasteiger partial charge in [0.25, 0.3) is 0 Å². The molecule has 11 heteroatoms. The molecule has 0 spiro atoms. The van der Waals surface area contributed by atoms with Crippen LogP contribution in [0.1, 0.15) is 6.42 Å². The zero-order valence-electron chi connectivity index (χ0n) is 10.5. The molecule has 2 rings (SSSR count). The maximum atomic E-state index is 13.6. The van der Waals surface area contributed by atoms with Crippen LogP contribution in [0.4, 0.5) is 21.5 Å². The monoisotopic (exact) mass is 318 g/mol. The minimum Gasteiger partial charge on any atom is -0.397 e. The summed E-state index contributed by atoms with van der Waals surface area (Å²) in [7, 11) is -3.93. The summed E-state index contributed by atoms with van der Waals surface area (Å²) in [5, 5.41) is 14.4. The third kappa shape index (κ3) is 2.78. The Balaban J connectivity index is 2.42. The number of hydrogen-bond acceptors (Lipinski definition) is 6. The van der Waals surface area contributed by atoms with E-state index in [4.69, 9.17) is 10.9 Å². The summed E-state index contributed by atoms with van der Waals surface area (Å²) in [5.41, 5.74) is 4.43. The molecule has 21 heavy (non-hydrogen) atoms. The number of primary sulfonamides is 1. The zero-order valence-corrected chi connectivity index (χ0v) is 11.3. The first-order chi connectivity index (χ1) is 9.61. The summed E-state index contributed by atoms with van der Waals surface area (Å²) in [5.74, 6) is -1.77. The van der Waals surface area contributed by atoms with E-state index in [1.165, 1.54) is 0 Å². The van der Waals surface area contributed by atoms with Gasteiger partial charge in [0, 0.05) is 25.1 Å². The van der Waals surface area contributed by atoms with Crippen LogP contribution in [0.3, 0.4) is 0 Å². The highest BCUT2D eigenvalue weighted by Gasteiger charge is 2.38. The maximum Gasteiger partial charge on any atom is 0.306 e. The number of nitrogens with two attached hydrogens (primary N) is 2. The van der Waals surface area contributed by atoms with Gasteiger partial charge in [-0.15, -0.1) is 0 Å². The summed E-state index contributed by atoms with van der Waals surface area (Å²) < 4.78 is 36.1. The number of halogens is 1. The predicted octanol–water partition coefficient (Wildman–Crippen LogP) is -0.290. The van der Waals surface area contributed by atoms with Gasteiger partial charge in [0.1, 0.15) is 5.25 Å². The van der Waals surface area contributed by atoms with Crippen molar-refractivity contribution in [1.82, 2.24) is 0 Å². The van der Waals surface area contributed by atoms with Crippen LogP contribution in [-0.2, 0) is 14.8 Å². The van der Waals surface area contributed by atoms with Gasteiger partial charge >= 0.3 is 5.69 Å². The van der Waals surface area contributed by atoms with E-state index in [1.807, 2.05) is 0 Å². The van der Waals surface area contributed by atoms with E-state index in [9.17, 15) is 27.7 Å². The first-order valence-corrected chi connectivity index (χ1v) is 7.27. The highest BCUT2D eigenvalue weighted by atomic mass is 32.2. The fourth-order valence-electron chi connectivity index (χ4n) is 2.07. The molecular weight excluding hydrogens is 307 g/mol. The summed E-state index contributed by atoms with van der Waals surface area (Å²) in [6, 6.07) is 1.51. The molecule has 0 aliphatic carbocycles. The highest BCUT2D eigenvalue weighted by molar-refractivity contribution is 7.89. The van der Waals surface area contributed by atoms with Crippen LogP contribution >= 0.6 is 0 Å². The fraction of sp³-hybridized carbons (Fsp3) is 0.300. The van der Waals surface area contributed by atoms with Crippen molar-refractivity contribution in [2.24, 2.45) is 5.14 Å². The van der Waals surface area contributed by atoms with Gasteiger partial charge in [0.05, 0.1) is 16.3 Å². The Morgan fingerprint density at radius 2 is 2.05 bits per heavy atom. The summed E-state index contributed by atoms with van der Waals surface area (Å²) in [6.07, 6.45) is -0.350. The van der Waals surface area contributed by atoms with Gasteiger partial charge in [-0.3, -0.25) is 14.9 Å². The van der Waals surface area contributed by atoms with Crippen molar-refractivity contribution in [3.05, 3.63) is 28.1 Å². The molecule has 1 atom stereocenters.